The zero-order valence-electron chi connectivity index (χ0n) is 12.1. The van der Waals surface area contributed by atoms with Crippen molar-refractivity contribution in [2.24, 2.45) is 0 Å². The Balaban J connectivity index is 1.68. The highest BCUT2D eigenvalue weighted by Crippen LogP contribution is 2.37. The lowest BCUT2D eigenvalue weighted by molar-refractivity contribution is -0.148. The van der Waals surface area contributed by atoms with Crippen LogP contribution in [0.5, 0.6) is 5.75 Å². The minimum Gasteiger partial charge on any atom is -0.490 e. The van der Waals surface area contributed by atoms with Gasteiger partial charge in [0.2, 0.25) is 0 Å². The summed E-state index contributed by atoms with van der Waals surface area (Å²) in [5, 5.41) is 3.42. The molecule has 0 aromatic heterocycles. The quantitative estimate of drug-likeness (QED) is 0.847. The number of ether oxygens (including phenoxy) is 2. The summed E-state index contributed by atoms with van der Waals surface area (Å²) >= 11 is 0. The molecule has 0 saturated heterocycles. The molecule has 2 fully saturated rings. The van der Waals surface area contributed by atoms with Crippen LogP contribution >= 0.6 is 0 Å². The minimum absolute atomic E-state index is 0.0999. The Morgan fingerprint density at radius 1 is 1.38 bits per heavy atom. The lowest BCUT2D eigenvalue weighted by Crippen LogP contribution is -2.52. The summed E-state index contributed by atoms with van der Waals surface area (Å²) in [6.07, 6.45) is 4.12. The number of hydrogen-bond donors (Lipinski definition) is 1. The van der Waals surface area contributed by atoms with E-state index in [1.165, 1.54) is 19.2 Å². The maximum atomic E-state index is 13.2. The number of methoxy groups -OCH3 is 1. The van der Waals surface area contributed by atoms with Crippen LogP contribution in [0.4, 0.5) is 4.39 Å². The first-order valence-corrected chi connectivity index (χ1v) is 7.40. The second-order valence-electron chi connectivity index (χ2n) is 5.93. The monoisotopic (exact) mass is 293 g/mol. The van der Waals surface area contributed by atoms with Crippen molar-refractivity contribution in [3.8, 4) is 5.75 Å². The first-order valence-electron chi connectivity index (χ1n) is 7.40. The predicted molar refractivity (Wildman–Crippen MR) is 75.6 cm³/mol. The van der Waals surface area contributed by atoms with Crippen molar-refractivity contribution in [1.29, 1.82) is 0 Å². The number of nitrogens with one attached hydrogen (secondary N) is 1. The third-order valence-corrected chi connectivity index (χ3v) is 4.20. The van der Waals surface area contributed by atoms with E-state index in [0.717, 1.165) is 19.3 Å². The van der Waals surface area contributed by atoms with Crippen molar-refractivity contribution < 1.29 is 18.7 Å². The number of halogens is 1. The highest BCUT2D eigenvalue weighted by Gasteiger charge is 2.49. The van der Waals surface area contributed by atoms with Gasteiger partial charge in [-0.05, 0) is 37.8 Å². The number of rotatable bonds is 5. The Kier molecular flexibility index (Phi) is 3.85. The molecule has 2 unspecified atom stereocenters. The van der Waals surface area contributed by atoms with Gasteiger partial charge >= 0.3 is 5.97 Å². The third kappa shape index (κ3) is 3.18. The van der Waals surface area contributed by atoms with Crippen molar-refractivity contribution in [1.82, 2.24) is 5.32 Å². The highest BCUT2D eigenvalue weighted by atomic mass is 19.1. The maximum absolute atomic E-state index is 13.2. The SMILES string of the molecule is COC(=O)C1(NC2CC2)CCC(Oc2cccc(F)c2)C1. The van der Waals surface area contributed by atoms with Crippen molar-refractivity contribution in [3.05, 3.63) is 30.1 Å². The van der Waals surface area contributed by atoms with Crippen LogP contribution in [0.2, 0.25) is 0 Å². The first kappa shape index (κ1) is 14.3. The highest BCUT2D eigenvalue weighted by molar-refractivity contribution is 5.81. The summed E-state index contributed by atoms with van der Waals surface area (Å²) in [6, 6.07) is 6.52. The third-order valence-electron chi connectivity index (χ3n) is 4.20. The first-order chi connectivity index (χ1) is 10.1. The van der Waals surface area contributed by atoms with Crippen molar-refractivity contribution >= 4 is 5.97 Å². The topological polar surface area (TPSA) is 47.6 Å². The van der Waals surface area contributed by atoms with Gasteiger partial charge in [-0.1, -0.05) is 6.07 Å². The van der Waals surface area contributed by atoms with E-state index in [-0.39, 0.29) is 17.9 Å². The number of carbonyl (C=O) groups is 1. The molecule has 2 atom stereocenters. The number of hydrogen-bond acceptors (Lipinski definition) is 4. The molecule has 0 bridgehead atoms. The van der Waals surface area contributed by atoms with Crippen LogP contribution in [-0.2, 0) is 9.53 Å². The van der Waals surface area contributed by atoms with E-state index < -0.39 is 5.54 Å². The van der Waals surface area contributed by atoms with Crippen LogP contribution in [0.25, 0.3) is 0 Å². The largest absolute Gasteiger partial charge is 0.490 e. The Morgan fingerprint density at radius 2 is 2.19 bits per heavy atom. The fourth-order valence-electron chi connectivity index (χ4n) is 3.02. The minimum atomic E-state index is -0.645. The van der Waals surface area contributed by atoms with E-state index in [2.05, 4.69) is 5.32 Å². The van der Waals surface area contributed by atoms with E-state index in [0.29, 0.717) is 24.6 Å². The second-order valence-corrected chi connectivity index (χ2v) is 5.93. The van der Waals surface area contributed by atoms with Gasteiger partial charge in [0.25, 0.3) is 0 Å². The van der Waals surface area contributed by atoms with Gasteiger partial charge in [0, 0.05) is 18.5 Å². The Hall–Kier alpha value is -1.62. The molecular weight excluding hydrogens is 273 g/mol. The molecule has 1 aromatic rings. The van der Waals surface area contributed by atoms with E-state index >= 15 is 0 Å². The Bertz CT molecular complexity index is 532. The summed E-state index contributed by atoms with van der Waals surface area (Å²) in [5.41, 5.74) is -0.645. The van der Waals surface area contributed by atoms with Crippen LogP contribution in [0.15, 0.2) is 24.3 Å². The summed E-state index contributed by atoms with van der Waals surface area (Å²) in [5.74, 6) is -0.0346. The van der Waals surface area contributed by atoms with Gasteiger partial charge in [0.15, 0.2) is 0 Å². The summed E-state index contributed by atoms with van der Waals surface area (Å²) in [4.78, 5) is 12.2. The predicted octanol–water partition coefficient (Wildman–Crippen LogP) is 2.42. The standard InChI is InChI=1S/C16H20FNO3/c1-20-15(19)16(18-12-5-6-12)8-7-14(10-16)21-13-4-2-3-11(17)9-13/h2-4,9,12,14,18H,5-8,10H2,1H3. The molecule has 2 aliphatic rings. The van der Waals surface area contributed by atoms with Gasteiger partial charge in [-0.15, -0.1) is 0 Å². The lowest BCUT2D eigenvalue weighted by atomic mass is 9.97. The number of esters is 1. The molecule has 0 aliphatic heterocycles. The number of benzene rings is 1. The fourth-order valence-corrected chi connectivity index (χ4v) is 3.02. The molecule has 0 heterocycles. The summed E-state index contributed by atoms with van der Waals surface area (Å²) < 4.78 is 24.0. The van der Waals surface area contributed by atoms with E-state index in [4.69, 9.17) is 9.47 Å². The molecule has 4 nitrogen and oxygen atoms in total. The van der Waals surface area contributed by atoms with Crippen LogP contribution < -0.4 is 10.1 Å². The smallest absolute Gasteiger partial charge is 0.326 e. The Morgan fingerprint density at radius 3 is 2.86 bits per heavy atom. The van der Waals surface area contributed by atoms with Crippen molar-refractivity contribution in [2.45, 2.75) is 49.8 Å². The zero-order valence-corrected chi connectivity index (χ0v) is 12.1. The van der Waals surface area contributed by atoms with Crippen LogP contribution in [-0.4, -0.2) is 30.8 Å². The molecule has 21 heavy (non-hydrogen) atoms. The molecule has 1 N–H and O–H groups in total. The molecular formula is C16H20FNO3. The van der Waals surface area contributed by atoms with Gasteiger partial charge in [0.1, 0.15) is 23.2 Å². The molecule has 114 valence electrons. The molecule has 3 rings (SSSR count). The summed E-state index contributed by atoms with van der Waals surface area (Å²) in [6.45, 7) is 0. The van der Waals surface area contributed by atoms with Gasteiger partial charge < -0.3 is 9.47 Å². The molecule has 5 heteroatoms. The average molecular weight is 293 g/mol. The normalized spacial score (nSPS) is 28.4. The Labute approximate surface area is 123 Å². The maximum Gasteiger partial charge on any atom is 0.326 e. The van der Waals surface area contributed by atoms with Gasteiger partial charge in [0.05, 0.1) is 7.11 Å². The van der Waals surface area contributed by atoms with Crippen LogP contribution in [0.1, 0.15) is 32.1 Å². The van der Waals surface area contributed by atoms with Crippen molar-refractivity contribution in [2.75, 3.05) is 7.11 Å². The average Bonchev–Trinajstić information content (AvgIpc) is 3.18. The van der Waals surface area contributed by atoms with Crippen LogP contribution in [0.3, 0.4) is 0 Å². The molecule has 1 aromatic carbocycles. The summed E-state index contributed by atoms with van der Waals surface area (Å²) in [7, 11) is 1.42. The van der Waals surface area contributed by atoms with Gasteiger partial charge in [-0.25, -0.2) is 4.39 Å². The number of carbonyl (C=O) groups excluding carboxylic acids is 1. The van der Waals surface area contributed by atoms with Gasteiger partial charge in [-0.2, -0.15) is 0 Å². The zero-order chi connectivity index (χ0) is 14.9. The van der Waals surface area contributed by atoms with Crippen molar-refractivity contribution in [3.63, 3.8) is 0 Å². The molecule has 0 spiro atoms. The lowest BCUT2D eigenvalue weighted by Gasteiger charge is -2.27. The second kappa shape index (κ2) is 5.64. The van der Waals surface area contributed by atoms with Crippen LogP contribution in [0, 0.1) is 5.82 Å². The molecule has 2 aliphatic carbocycles. The molecule has 2 saturated carbocycles. The molecule has 0 radical (unpaired) electrons. The van der Waals surface area contributed by atoms with E-state index in [9.17, 15) is 9.18 Å². The fraction of sp³-hybridized carbons (Fsp3) is 0.562. The molecule has 0 amide bonds. The van der Waals surface area contributed by atoms with Gasteiger partial charge in [-0.3, -0.25) is 10.1 Å². The van der Waals surface area contributed by atoms with E-state index in [1.54, 1.807) is 12.1 Å². The van der Waals surface area contributed by atoms with E-state index in [1.807, 2.05) is 0 Å².